The van der Waals surface area contributed by atoms with Crippen LogP contribution in [0.25, 0.3) is 6.08 Å². The van der Waals surface area contributed by atoms with Gasteiger partial charge in [0.15, 0.2) is 0 Å². The van der Waals surface area contributed by atoms with Crippen molar-refractivity contribution in [1.82, 2.24) is 0 Å². The molecule has 0 spiro atoms. The first-order valence-corrected chi connectivity index (χ1v) is 8.09. The van der Waals surface area contributed by atoms with Crippen LogP contribution in [0.2, 0.25) is 0 Å². The van der Waals surface area contributed by atoms with Gasteiger partial charge in [-0.05, 0) is 0 Å². The fourth-order valence-corrected chi connectivity index (χ4v) is 4.88. The normalized spacial score (nSPS) is 26.5. The molecule has 3 heteroatoms. The fourth-order valence-electron chi connectivity index (χ4n) is 3.58. The predicted molar refractivity (Wildman–Crippen MR) is 91.9 cm³/mol. The Bertz CT molecular complexity index is 629. The number of allylic oxidation sites excluding steroid dienone is 5. The van der Waals surface area contributed by atoms with Crippen molar-refractivity contribution in [3.8, 4) is 0 Å². The van der Waals surface area contributed by atoms with Crippen molar-refractivity contribution in [2.45, 2.75) is 33.6 Å². The second-order valence-electron chi connectivity index (χ2n) is 5.92. The molecule has 0 saturated carbocycles. The van der Waals surface area contributed by atoms with E-state index in [4.69, 9.17) is 0 Å². The zero-order valence-electron chi connectivity index (χ0n) is 12.9. The molecule has 0 aliphatic heterocycles. The van der Waals surface area contributed by atoms with Gasteiger partial charge in [0.05, 0.1) is 0 Å². The summed E-state index contributed by atoms with van der Waals surface area (Å²) in [5.74, 6) is 0.505. The molecule has 0 fully saturated rings. The molecule has 1 aromatic rings. The Morgan fingerprint density at radius 2 is 1.62 bits per heavy atom. The van der Waals surface area contributed by atoms with E-state index in [1.165, 1.54) is 22.3 Å². The number of hydrogen-bond donors (Lipinski definition) is 0. The molecular weight excluding hydrogens is 378 g/mol. The summed E-state index contributed by atoms with van der Waals surface area (Å²) >= 11 is 1.56. The van der Waals surface area contributed by atoms with Crippen molar-refractivity contribution in [3.63, 3.8) is 0 Å². The summed E-state index contributed by atoms with van der Waals surface area (Å²) in [6.07, 6.45) is 4.70. The number of fused-ring (bicyclic) bond motifs is 1. The van der Waals surface area contributed by atoms with Crippen LogP contribution in [0, 0.1) is 5.41 Å². The molecule has 0 N–H and O–H groups in total. The summed E-state index contributed by atoms with van der Waals surface area (Å²) in [6, 6.07) is 8.83. The summed E-state index contributed by atoms with van der Waals surface area (Å²) in [4.78, 5) is 0. The number of halogens is 2. The van der Waals surface area contributed by atoms with Crippen molar-refractivity contribution < 1.29 is 24.7 Å². The molecule has 0 heterocycles. The van der Waals surface area contributed by atoms with Gasteiger partial charge >= 0.3 is 131 Å². The van der Waals surface area contributed by atoms with Crippen LogP contribution < -0.4 is 0 Å². The zero-order chi connectivity index (χ0) is 13.8. The molecule has 0 radical (unpaired) electrons. The first-order chi connectivity index (χ1) is 8.98. The van der Waals surface area contributed by atoms with Gasteiger partial charge in [-0.1, -0.05) is 0 Å². The van der Waals surface area contributed by atoms with Gasteiger partial charge in [0, 0.05) is 0 Å². The standard InChI is InChI=1S/C18H19.2ClH.Zr/c1-12-11-18(4,14(3)13(12)2)17-10-9-15-7-5-6-8-16(15)17;;;/h5-10,17H,1-4H3;2*1H;. The smallest absolute Gasteiger partial charge is 0.147 e. The minimum Gasteiger partial charge on any atom is -0.147 e. The van der Waals surface area contributed by atoms with Crippen molar-refractivity contribution in [1.29, 1.82) is 0 Å². The quantitative estimate of drug-likeness (QED) is 0.558. The Morgan fingerprint density at radius 3 is 2.19 bits per heavy atom. The Hall–Kier alpha value is -0.0969. The molecule has 0 aromatic heterocycles. The van der Waals surface area contributed by atoms with E-state index in [0.717, 1.165) is 0 Å². The van der Waals surface area contributed by atoms with Crippen molar-refractivity contribution >= 4 is 30.9 Å². The first kappa shape index (κ1) is 19.0. The average Bonchev–Trinajstić information content (AvgIpc) is 2.92. The van der Waals surface area contributed by atoms with Gasteiger partial charge in [-0.15, -0.1) is 24.8 Å². The maximum atomic E-state index is 2.43. The molecule has 0 bridgehead atoms. The van der Waals surface area contributed by atoms with Crippen molar-refractivity contribution in [2.24, 2.45) is 5.41 Å². The van der Waals surface area contributed by atoms with Crippen LogP contribution in [0.15, 0.2) is 50.3 Å². The van der Waals surface area contributed by atoms with Gasteiger partial charge in [-0.25, -0.2) is 0 Å². The first-order valence-electron chi connectivity index (χ1n) is 6.86. The van der Waals surface area contributed by atoms with E-state index in [-0.39, 0.29) is 30.2 Å². The van der Waals surface area contributed by atoms with Crippen LogP contribution in [0.1, 0.15) is 44.7 Å². The molecule has 2 unspecified atom stereocenters. The van der Waals surface area contributed by atoms with Crippen LogP contribution in [0.5, 0.6) is 0 Å². The molecule has 2 aliphatic carbocycles. The van der Waals surface area contributed by atoms with E-state index >= 15 is 0 Å². The summed E-state index contributed by atoms with van der Waals surface area (Å²) in [5.41, 5.74) is 7.67. The molecule has 0 nitrogen and oxygen atoms in total. The number of benzene rings is 1. The third-order valence-corrected chi connectivity index (χ3v) is 7.42. The Balaban J connectivity index is 0.00000110. The summed E-state index contributed by atoms with van der Waals surface area (Å²) in [6.45, 7) is 9.33. The SMILES string of the molecule is CC1=C(C)C(C)(C2C=Cc3ccccc32)[C]([Zr])=C1C.Cl.Cl. The number of hydrogen-bond acceptors (Lipinski definition) is 0. The second-order valence-corrected chi connectivity index (χ2v) is 7.15. The van der Waals surface area contributed by atoms with E-state index in [0.29, 0.717) is 5.92 Å². The summed E-state index contributed by atoms with van der Waals surface area (Å²) in [5, 5.41) is 0. The maximum absolute atomic E-state index is 2.43. The van der Waals surface area contributed by atoms with Crippen LogP contribution >= 0.6 is 24.8 Å². The molecule has 2 atom stereocenters. The minimum atomic E-state index is 0. The van der Waals surface area contributed by atoms with E-state index in [1.54, 1.807) is 33.6 Å². The topological polar surface area (TPSA) is 0 Å². The largest absolute Gasteiger partial charge is 0.147 e. The van der Waals surface area contributed by atoms with E-state index < -0.39 is 0 Å². The number of rotatable bonds is 1. The van der Waals surface area contributed by atoms with Gasteiger partial charge in [-0.2, -0.15) is 0 Å². The van der Waals surface area contributed by atoms with Crippen LogP contribution in [0.3, 0.4) is 0 Å². The summed E-state index contributed by atoms with van der Waals surface area (Å²) in [7, 11) is 0. The Kier molecular flexibility index (Phi) is 5.93. The molecule has 3 rings (SSSR count). The van der Waals surface area contributed by atoms with Gasteiger partial charge in [0.25, 0.3) is 0 Å². The Morgan fingerprint density at radius 1 is 1.00 bits per heavy atom. The van der Waals surface area contributed by atoms with Gasteiger partial charge in [-0.3, -0.25) is 0 Å². The van der Waals surface area contributed by atoms with E-state index in [9.17, 15) is 0 Å². The summed E-state index contributed by atoms with van der Waals surface area (Å²) < 4.78 is 1.63. The monoisotopic (exact) mass is 397 g/mol. The predicted octanol–water partition coefficient (Wildman–Crippen LogP) is 5.82. The van der Waals surface area contributed by atoms with Gasteiger partial charge in [0.2, 0.25) is 0 Å². The van der Waals surface area contributed by atoms with E-state index in [2.05, 4.69) is 64.1 Å². The molecule has 2 aliphatic rings. The molecule has 0 amide bonds. The molecular formula is C18H21Cl2Zr. The zero-order valence-corrected chi connectivity index (χ0v) is 16.9. The van der Waals surface area contributed by atoms with Crippen molar-refractivity contribution in [2.75, 3.05) is 0 Å². The van der Waals surface area contributed by atoms with Crippen molar-refractivity contribution in [3.05, 3.63) is 61.5 Å². The van der Waals surface area contributed by atoms with Gasteiger partial charge < -0.3 is 0 Å². The fraction of sp³-hybridized carbons (Fsp3) is 0.333. The Labute approximate surface area is 155 Å². The molecule has 1 aromatic carbocycles. The third-order valence-electron chi connectivity index (χ3n) is 5.22. The van der Waals surface area contributed by atoms with Crippen LogP contribution in [-0.4, -0.2) is 0 Å². The third kappa shape index (κ3) is 2.56. The maximum Gasteiger partial charge on any atom is -0.147 e. The second kappa shape index (κ2) is 6.57. The molecule has 111 valence electrons. The molecule has 0 saturated heterocycles. The van der Waals surface area contributed by atoms with Crippen LogP contribution in [0.4, 0.5) is 0 Å². The minimum absolute atomic E-state index is 0. The van der Waals surface area contributed by atoms with Gasteiger partial charge in [0.1, 0.15) is 0 Å². The van der Waals surface area contributed by atoms with Crippen LogP contribution in [-0.2, 0) is 24.7 Å². The molecule has 21 heavy (non-hydrogen) atoms. The average molecular weight is 399 g/mol. The van der Waals surface area contributed by atoms with E-state index in [1.807, 2.05) is 0 Å².